The number of nitrogens with one attached hydrogen (secondary N) is 1. The van der Waals surface area contributed by atoms with Gasteiger partial charge in [0.2, 0.25) is 5.91 Å². The van der Waals surface area contributed by atoms with E-state index in [4.69, 9.17) is 16.6 Å². The van der Waals surface area contributed by atoms with Gasteiger partial charge in [-0.15, -0.1) is 0 Å². The molecule has 6 N–H and O–H groups in total. The highest BCUT2D eigenvalue weighted by Crippen LogP contribution is 2.13. The van der Waals surface area contributed by atoms with E-state index in [1.807, 2.05) is 5.32 Å². The molecule has 0 heterocycles. The number of halogens is 1. The fourth-order valence-electron chi connectivity index (χ4n) is 1.36. The number of primary amides is 1. The maximum atomic E-state index is 13.0. The Morgan fingerprint density at radius 1 is 1.37 bits per heavy atom. The first-order valence-corrected chi connectivity index (χ1v) is 5.18. The molecule has 0 aromatic heterocycles. The third-order valence-corrected chi connectivity index (χ3v) is 2.27. The molecular weight excluding hydrogens is 257 g/mol. The van der Waals surface area contributed by atoms with Crippen molar-refractivity contribution in [2.24, 2.45) is 5.73 Å². The van der Waals surface area contributed by atoms with Crippen LogP contribution >= 0.6 is 0 Å². The summed E-state index contributed by atoms with van der Waals surface area (Å²) in [5, 5.41) is 10.9. The zero-order chi connectivity index (χ0) is 14.6. The molecule has 1 aromatic rings. The Hall–Kier alpha value is -2.64. The van der Waals surface area contributed by atoms with Crippen LogP contribution in [0, 0.1) is 5.82 Å². The highest BCUT2D eigenvalue weighted by molar-refractivity contribution is 6.01. The molecule has 8 heteroatoms. The second kappa shape index (κ2) is 5.80. The van der Waals surface area contributed by atoms with Gasteiger partial charge < -0.3 is 21.9 Å². The number of carbonyl (C=O) groups is 3. The summed E-state index contributed by atoms with van der Waals surface area (Å²) >= 11 is 0. The normalized spacial score (nSPS) is 11.6. The zero-order valence-electron chi connectivity index (χ0n) is 9.72. The maximum Gasteiger partial charge on any atom is 0.326 e. The van der Waals surface area contributed by atoms with Crippen molar-refractivity contribution in [3.8, 4) is 0 Å². The molecule has 7 nitrogen and oxygen atoms in total. The number of carboxylic acids is 1. The second-order valence-electron chi connectivity index (χ2n) is 3.77. The third kappa shape index (κ3) is 3.95. The van der Waals surface area contributed by atoms with Gasteiger partial charge in [0, 0.05) is 5.69 Å². The Morgan fingerprint density at radius 3 is 2.53 bits per heavy atom. The van der Waals surface area contributed by atoms with Crippen molar-refractivity contribution in [3.63, 3.8) is 0 Å². The number of hydrogen-bond donors (Lipinski definition) is 4. The summed E-state index contributed by atoms with van der Waals surface area (Å²) in [5.74, 6) is -3.91. The lowest BCUT2D eigenvalue weighted by Gasteiger charge is -2.13. The summed E-state index contributed by atoms with van der Waals surface area (Å²) in [5.41, 5.74) is 10.1. The van der Waals surface area contributed by atoms with E-state index >= 15 is 0 Å². The standard InChI is InChI=1S/C11H12FN3O4/c12-5-1-2-7(13)6(3-5)10(17)15-8(11(18)19)4-9(14)16/h1-3,8H,4,13H2,(H2,14,16)(H,15,17)(H,18,19). The van der Waals surface area contributed by atoms with Gasteiger partial charge in [-0.2, -0.15) is 0 Å². The Balaban J connectivity index is 2.90. The van der Waals surface area contributed by atoms with E-state index in [-0.39, 0.29) is 11.3 Å². The van der Waals surface area contributed by atoms with Crippen LogP contribution < -0.4 is 16.8 Å². The van der Waals surface area contributed by atoms with Crippen molar-refractivity contribution >= 4 is 23.5 Å². The molecule has 0 aliphatic carbocycles. The van der Waals surface area contributed by atoms with E-state index in [0.29, 0.717) is 0 Å². The molecule has 0 radical (unpaired) electrons. The molecule has 19 heavy (non-hydrogen) atoms. The predicted molar refractivity (Wildman–Crippen MR) is 63.5 cm³/mol. The number of hydrogen-bond acceptors (Lipinski definition) is 4. The Kier molecular flexibility index (Phi) is 4.41. The third-order valence-electron chi connectivity index (χ3n) is 2.27. The summed E-state index contributed by atoms with van der Waals surface area (Å²) in [6.07, 6.45) is -0.573. The van der Waals surface area contributed by atoms with Crippen LogP contribution in [0.15, 0.2) is 18.2 Å². The van der Waals surface area contributed by atoms with Crippen LogP contribution in [0.3, 0.4) is 0 Å². The zero-order valence-corrected chi connectivity index (χ0v) is 9.72. The predicted octanol–water partition coefficient (Wildman–Crippen LogP) is -0.534. The van der Waals surface area contributed by atoms with E-state index in [0.717, 1.165) is 12.1 Å². The lowest BCUT2D eigenvalue weighted by Crippen LogP contribution is -2.43. The Morgan fingerprint density at radius 2 is 2.00 bits per heavy atom. The number of anilines is 1. The average Bonchev–Trinajstić information content (AvgIpc) is 2.30. The number of carbonyl (C=O) groups excluding carboxylic acids is 2. The minimum absolute atomic E-state index is 0.0119. The maximum absolute atomic E-state index is 13.0. The average molecular weight is 269 g/mol. The second-order valence-corrected chi connectivity index (χ2v) is 3.77. The molecule has 0 spiro atoms. The van der Waals surface area contributed by atoms with Crippen molar-refractivity contribution in [2.45, 2.75) is 12.5 Å². The van der Waals surface area contributed by atoms with Crippen molar-refractivity contribution in [2.75, 3.05) is 5.73 Å². The van der Waals surface area contributed by atoms with E-state index in [1.165, 1.54) is 6.07 Å². The molecular formula is C11H12FN3O4. The molecule has 0 saturated carbocycles. The molecule has 0 aliphatic rings. The number of aliphatic carboxylic acids is 1. The highest BCUT2D eigenvalue weighted by Gasteiger charge is 2.23. The van der Waals surface area contributed by atoms with Gasteiger partial charge in [0.1, 0.15) is 11.9 Å². The minimum Gasteiger partial charge on any atom is -0.480 e. The van der Waals surface area contributed by atoms with Crippen LogP contribution in [0.4, 0.5) is 10.1 Å². The van der Waals surface area contributed by atoms with Gasteiger partial charge in [0.05, 0.1) is 12.0 Å². The van der Waals surface area contributed by atoms with E-state index in [9.17, 15) is 18.8 Å². The van der Waals surface area contributed by atoms with Crippen LogP contribution in [0.25, 0.3) is 0 Å². The summed E-state index contributed by atoms with van der Waals surface area (Å²) in [7, 11) is 0. The monoisotopic (exact) mass is 269 g/mol. The lowest BCUT2D eigenvalue weighted by molar-refractivity contribution is -0.140. The first kappa shape index (κ1) is 14.4. The number of amides is 2. The topological polar surface area (TPSA) is 136 Å². The van der Waals surface area contributed by atoms with Crippen LogP contribution in [0.1, 0.15) is 16.8 Å². The fourth-order valence-corrected chi connectivity index (χ4v) is 1.36. The van der Waals surface area contributed by atoms with E-state index in [1.54, 1.807) is 0 Å². The van der Waals surface area contributed by atoms with Crippen LogP contribution in [-0.2, 0) is 9.59 Å². The molecule has 1 atom stereocenters. The molecule has 1 rings (SSSR count). The Bertz CT molecular complexity index is 533. The smallest absolute Gasteiger partial charge is 0.326 e. The molecule has 102 valence electrons. The lowest BCUT2D eigenvalue weighted by atomic mass is 10.1. The van der Waals surface area contributed by atoms with Crippen molar-refractivity contribution in [1.82, 2.24) is 5.32 Å². The van der Waals surface area contributed by atoms with E-state index < -0.39 is 36.1 Å². The van der Waals surface area contributed by atoms with E-state index in [2.05, 4.69) is 0 Å². The number of rotatable bonds is 5. The van der Waals surface area contributed by atoms with Gasteiger partial charge in [-0.1, -0.05) is 0 Å². The summed E-state index contributed by atoms with van der Waals surface area (Å²) < 4.78 is 13.0. The summed E-state index contributed by atoms with van der Waals surface area (Å²) in [6.45, 7) is 0. The molecule has 2 amide bonds. The van der Waals surface area contributed by atoms with Crippen molar-refractivity contribution < 1.29 is 23.9 Å². The number of carboxylic acid groups (broad SMARTS) is 1. The van der Waals surface area contributed by atoms with Gasteiger partial charge in [-0.05, 0) is 18.2 Å². The van der Waals surface area contributed by atoms with Crippen LogP contribution in [0.5, 0.6) is 0 Å². The van der Waals surface area contributed by atoms with Crippen molar-refractivity contribution in [1.29, 1.82) is 0 Å². The molecule has 1 aromatic carbocycles. The first-order valence-electron chi connectivity index (χ1n) is 5.18. The molecule has 0 fully saturated rings. The Labute approximate surface area is 107 Å². The van der Waals surface area contributed by atoms with Gasteiger partial charge in [-0.3, -0.25) is 9.59 Å². The quantitative estimate of drug-likeness (QED) is 0.532. The fraction of sp³-hybridized carbons (Fsp3) is 0.182. The SMILES string of the molecule is NC(=O)CC(NC(=O)c1cc(F)ccc1N)C(=O)O. The van der Waals surface area contributed by atoms with Gasteiger partial charge in [0.25, 0.3) is 5.91 Å². The largest absolute Gasteiger partial charge is 0.480 e. The van der Waals surface area contributed by atoms with Crippen LogP contribution in [0.2, 0.25) is 0 Å². The van der Waals surface area contributed by atoms with Gasteiger partial charge >= 0.3 is 5.97 Å². The molecule has 0 aliphatic heterocycles. The minimum atomic E-state index is -1.49. The number of nitrogen functional groups attached to an aromatic ring is 1. The van der Waals surface area contributed by atoms with Crippen LogP contribution in [-0.4, -0.2) is 28.9 Å². The van der Waals surface area contributed by atoms with Gasteiger partial charge in [0.15, 0.2) is 0 Å². The summed E-state index contributed by atoms with van der Waals surface area (Å²) in [6, 6.07) is 1.61. The number of benzene rings is 1. The van der Waals surface area contributed by atoms with Crippen molar-refractivity contribution in [3.05, 3.63) is 29.6 Å². The van der Waals surface area contributed by atoms with Gasteiger partial charge in [-0.25, -0.2) is 9.18 Å². The first-order chi connectivity index (χ1) is 8.81. The summed E-state index contributed by atoms with van der Waals surface area (Å²) in [4.78, 5) is 33.2. The molecule has 0 bridgehead atoms. The molecule has 1 unspecified atom stereocenters. The molecule has 0 saturated heterocycles. The number of nitrogens with two attached hydrogens (primary N) is 2. The highest BCUT2D eigenvalue weighted by atomic mass is 19.1.